The highest BCUT2D eigenvalue weighted by molar-refractivity contribution is 5.78. The highest BCUT2D eigenvalue weighted by atomic mass is 16.5. The summed E-state index contributed by atoms with van der Waals surface area (Å²) in [6.45, 7) is 5.97. The predicted molar refractivity (Wildman–Crippen MR) is 69.4 cm³/mol. The number of amides is 1. The highest BCUT2D eigenvalue weighted by Crippen LogP contribution is 2.14. The molecular weight excluding hydrogens is 234 g/mol. The van der Waals surface area contributed by atoms with Gasteiger partial charge in [0.05, 0.1) is 18.6 Å². The third-order valence-corrected chi connectivity index (χ3v) is 2.76. The van der Waals surface area contributed by atoms with Crippen molar-refractivity contribution in [3.8, 4) is 0 Å². The number of hydrogen-bond acceptors (Lipinski definition) is 3. The van der Waals surface area contributed by atoms with E-state index in [0.717, 1.165) is 12.8 Å². The first-order valence-corrected chi connectivity index (χ1v) is 6.34. The van der Waals surface area contributed by atoms with E-state index in [1.54, 1.807) is 6.92 Å². The molecule has 0 aromatic heterocycles. The SMILES string of the molecule is CCCC(C)CC(=O)NC(C)(COC)CC(=O)O. The van der Waals surface area contributed by atoms with Crippen molar-refractivity contribution in [2.24, 2.45) is 5.92 Å². The topological polar surface area (TPSA) is 75.6 Å². The number of carboxylic acid groups (broad SMARTS) is 1. The van der Waals surface area contributed by atoms with Crippen LogP contribution in [0.25, 0.3) is 0 Å². The molecule has 5 nitrogen and oxygen atoms in total. The normalized spacial score (nSPS) is 15.8. The summed E-state index contributed by atoms with van der Waals surface area (Å²) in [7, 11) is 1.49. The molecule has 0 aliphatic rings. The van der Waals surface area contributed by atoms with Crippen LogP contribution in [0.2, 0.25) is 0 Å². The predicted octanol–water partition coefficient (Wildman–Crippen LogP) is 1.81. The fourth-order valence-corrected chi connectivity index (χ4v) is 2.08. The molecule has 5 heteroatoms. The maximum Gasteiger partial charge on any atom is 0.305 e. The van der Waals surface area contributed by atoms with Gasteiger partial charge in [0.25, 0.3) is 0 Å². The molecule has 0 spiro atoms. The van der Waals surface area contributed by atoms with Gasteiger partial charge in [0, 0.05) is 13.5 Å². The highest BCUT2D eigenvalue weighted by Gasteiger charge is 2.29. The average molecular weight is 259 g/mol. The molecule has 0 aromatic rings. The first kappa shape index (κ1) is 16.9. The van der Waals surface area contributed by atoms with Gasteiger partial charge in [0.15, 0.2) is 0 Å². The Labute approximate surface area is 109 Å². The van der Waals surface area contributed by atoms with E-state index < -0.39 is 11.5 Å². The van der Waals surface area contributed by atoms with E-state index in [0.29, 0.717) is 12.3 Å². The van der Waals surface area contributed by atoms with Crippen molar-refractivity contribution in [1.29, 1.82) is 0 Å². The van der Waals surface area contributed by atoms with Crippen LogP contribution in [0.1, 0.15) is 46.5 Å². The molecule has 0 fully saturated rings. The second kappa shape index (κ2) is 8.08. The number of carboxylic acids is 1. The molecule has 0 bridgehead atoms. The number of ether oxygens (including phenoxy) is 1. The molecule has 0 saturated heterocycles. The van der Waals surface area contributed by atoms with E-state index in [9.17, 15) is 9.59 Å². The van der Waals surface area contributed by atoms with E-state index >= 15 is 0 Å². The Balaban J connectivity index is 4.39. The van der Waals surface area contributed by atoms with Gasteiger partial charge in [-0.1, -0.05) is 26.7 Å². The van der Waals surface area contributed by atoms with Crippen LogP contribution in [0.15, 0.2) is 0 Å². The summed E-state index contributed by atoms with van der Waals surface area (Å²) in [5.41, 5.74) is -0.844. The average Bonchev–Trinajstić information content (AvgIpc) is 2.14. The summed E-state index contributed by atoms with van der Waals surface area (Å²) in [4.78, 5) is 22.6. The van der Waals surface area contributed by atoms with Crippen molar-refractivity contribution in [2.45, 2.75) is 52.0 Å². The molecule has 2 N–H and O–H groups in total. The third-order valence-electron chi connectivity index (χ3n) is 2.76. The number of aliphatic carboxylic acids is 1. The molecule has 0 aromatic carbocycles. The second-order valence-corrected chi connectivity index (χ2v) is 5.21. The molecule has 0 radical (unpaired) electrons. The number of methoxy groups -OCH3 is 1. The van der Waals surface area contributed by atoms with Crippen molar-refractivity contribution < 1.29 is 19.4 Å². The summed E-state index contributed by atoms with van der Waals surface area (Å²) in [5.74, 6) is -0.750. The molecule has 2 atom stereocenters. The molecule has 18 heavy (non-hydrogen) atoms. The van der Waals surface area contributed by atoms with Gasteiger partial charge in [-0.2, -0.15) is 0 Å². The molecule has 106 valence electrons. The van der Waals surface area contributed by atoms with Crippen LogP contribution in [0.3, 0.4) is 0 Å². The molecule has 0 aliphatic heterocycles. The summed E-state index contributed by atoms with van der Waals surface area (Å²) in [5, 5.41) is 11.6. The fourth-order valence-electron chi connectivity index (χ4n) is 2.08. The summed E-state index contributed by atoms with van der Waals surface area (Å²) >= 11 is 0. The molecule has 0 saturated carbocycles. The first-order valence-electron chi connectivity index (χ1n) is 6.34. The van der Waals surface area contributed by atoms with E-state index in [2.05, 4.69) is 12.2 Å². The van der Waals surface area contributed by atoms with Crippen molar-refractivity contribution in [3.05, 3.63) is 0 Å². The van der Waals surface area contributed by atoms with E-state index in [4.69, 9.17) is 9.84 Å². The molecule has 0 rings (SSSR count). The van der Waals surface area contributed by atoms with Crippen LogP contribution in [0.4, 0.5) is 0 Å². The Morgan fingerprint density at radius 3 is 2.50 bits per heavy atom. The minimum Gasteiger partial charge on any atom is -0.481 e. The quantitative estimate of drug-likeness (QED) is 0.662. The van der Waals surface area contributed by atoms with E-state index in [1.165, 1.54) is 7.11 Å². The summed E-state index contributed by atoms with van der Waals surface area (Å²) < 4.78 is 4.98. The Hall–Kier alpha value is -1.10. The lowest BCUT2D eigenvalue weighted by atomic mass is 9.96. The van der Waals surface area contributed by atoms with Gasteiger partial charge in [0.2, 0.25) is 5.91 Å². The lowest BCUT2D eigenvalue weighted by molar-refractivity contribution is -0.139. The molecule has 1 amide bonds. The standard InChI is InChI=1S/C13H25NO4/c1-5-6-10(2)7-11(15)14-13(3,9-18-4)8-12(16)17/h10H,5-9H2,1-4H3,(H,14,15)(H,16,17). The van der Waals surface area contributed by atoms with Crippen LogP contribution < -0.4 is 5.32 Å². The monoisotopic (exact) mass is 259 g/mol. The van der Waals surface area contributed by atoms with Crippen molar-refractivity contribution >= 4 is 11.9 Å². The molecule has 0 heterocycles. The van der Waals surface area contributed by atoms with Crippen molar-refractivity contribution in [2.75, 3.05) is 13.7 Å². The first-order chi connectivity index (χ1) is 8.33. The van der Waals surface area contributed by atoms with Gasteiger partial charge in [-0.05, 0) is 12.8 Å². The van der Waals surface area contributed by atoms with Crippen LogP contribution in [0, 0.1) is 5.92 Å². The lowest BCUT2D eigenvalue weighted by Crippen LogP contribution is -2.51. The maximum absolute atomic E-state index is 11.8. The Kier molecular flexibility index (Phi) is 7.59. The van der Waals surface area contributed by atoms with Crippen LogP contribution >= 0.6 is 0 Å². The zero-order valence-electron chi connectivity index (χ0n) is 11.8. The lowest BCUT2D eigenvalue weighted by Gasteiger charge is -2.29. The van der Waals surface area contributed by atoms with Crippen LogP contribution in [-0.2, 0) is 14.3 Å². The Morgan fingerprint density at radius 1 is 1.44 bits per heavy atom. The Bertz CT molecular complexity index is 280. The number of carbonyl (C=O) groups is 2. The smallest absolute Gasteiger partial charge is 0.305 e. The van der Waals surface area contributed by atoms with Gasteiger partial charge >= 0.3 is 5.97 Å². The maximum atomic E-state index is 11.8. The van der Waals surface area contributed by atoms with Crippen molar-refractivity contribution in [1.82, 2.24) is 5.32 Å². The Morgan fingerprint density at radius 2 is 2.06 bits per heavy atom. The number of carbonyl (C=O) groups excluding carboxylic acids is 1. The van der Waals surface area contributed by atoms with Crippen molar-refractivity contribution in [3.63, 3.8) is 0 Å². The summed E-state index contributed by atoms with van der Waals surface area (Å²) in [6.07, 6.45) is 2.31. The third kappa shape index (κ3) is 7.27. The van der Waals surface area contributed by atoms with Gasteiger partial charge in [-0.3, -0.25) is 9.59 Å². The molecule has 0 aliphatic carbocycles. The molecular formula is C13H25NO4. The summed E-state index contributed by atoms with van der Waals surface area (Å²) in [6, 6.07) is 0. The van der Waals surface area contributed by atoms with E-state index in [1.807, 2.05) is 6.92 Å². The van der Waals surface area contributed by atoms with Crippen LogP contribution in [0.5, 0.6) is 0 Å². The fraction of sp³-hybridized carbons (Fsp3) is 0.846. The zero-order valence-corrected chi connectivity index (χ0v) is 11.8. The zero-order chi connectivity index (χ0) is 14.2. The number of hydrogen-bond donors (Lipinski definition) is 2. The minimum atomic E-state index is -0.948. The van der Waals surface area contributed by atoms with Gasteiger partial charge < -0.3 is 15.2 Å². The van der Waals surface area contributed by atoms with Crippen LogP contribution in [-0.4, -0.2) is 36.2 Å². The van der Waals surface area contributed by atoms with Gasteiger partial charge in [-0.15, -0.1) is 0 Å². The minimum absolute atomic E-state index is 0.114. The van der Waals surface area contributed by atoms with Gasteiger partial charge in [0.1, 0.15) is 0 Å². The largest absolute Gasteiger partial charge is 0.481 e. The van der Waals surface area contributed by atoms with E-state index in [-0.39, 0.29) is 18.9 Å². The van der Waals surface area contributed by atoms with Gasteiger partial charge in [-0.25, -0.2) is 0 Å². The number of nitrogens with one attached hydrogen (secondary N) is 1. The second-order valence-electron chi connectivity index (χ2n) is 5.21. The number of rotatable bonds is 9. The molecule has 2 unspecified atom stereocenters.